The van der Waals surface area contributed by atoms with Gasteiger partial charge in [-0.05, 0) is 32.4 Å². The van der Waals surface area contributed by atoms with Gasteiger partial charge in [-0.2, -0.15) is 0 Å². The molecule has 0 aliphatic carbocycles. The largest absolute Gasteiger partial charge is 0.375 e. The first-order chi connectivity index (χ1) is 9.44. The molecule has 0 fully saturated rings. The molecule has 0 aliphatic heterocycles. The molecule has 20 heavy (non-hydrogen) atoms. The van der Waals surface area contributed by atoms with Crippen LogP contribution in [-0.2, 0) is 6.54 Å². The zero-order chi connectivity index (χ0) is 14.8. The van der Waals surface area contributed by atoms with Crippen molar-refractivity contribution in [2.24, 2.45) is 0 Å². The first-order valence-electron chi connectivity index (χ1n) is 6.70. The van der Waals surface area contributed by atoms with Gasteiger partial charge in [0.1, 0.15) is 11.4 Å². The van der Waals surface area contributed by atoms with Crippen molar-refractivity contribution in [3.05, 3.63) is 50.5 Å². The molecular weight excluding hydrogens is 254 g/mol. The summed E-state index contributed by atoms with van der Waals surface area (Å²) in [4.78, 5) is 27.5. The van der Waals surface area contributed by atoms with E-state index in [9.17, 15) is 9.59 Å². The third-order valence-electron chi connectivity index (χ3n) is 3.43. The van der Waals surface area contributed by atoms with Gasteiger partial charge in [0.2, 0.25) is 0 Å². The van der Waals surface area contributed by atoms with Crippen molar-refractivity contribution in [2.75, 3.05) is 10.6 Å². The highest BCUT2D eigenvalue weighted by molar-refractivity contribution is 5.74. The van der Waals surface area contributed by atoms with Crippen molar-refractivity contribution in [3.8, 4) is 0 Å². The number of pyridine rings is 1. The lowest BCUT2D eigenvalue weighted by Crippen LogP contribution is -2.42. The van der Waals surface area contributed by atoms with Gasteiger partial charge in [0.05, 0.1) is 12.2 Å². The van der Waals surface area contributed by atoms with Crippen LogP contribution in [0.15, 0.2) is 34.0 Å². The van der Waals surface area contributed by atoms with Gasteiger partial charge < -0.3 is 10.6 Å². The van der Waals surface area contributed by atoms with Crippen LogP contribution in [0.4, 0.5) is 11.4 Å². The van der Waals surface area contributed by atoms with E-state index in [1.54, 1.807) is 6.20 Å². The number of aromatic nitrogens is 1. The predicted molar refractivity (Wildman–Crippen MR) is 80.9 cm³/mol. The third kappa shape index (κ3) is 2.87. The molecule has 0 unspecified atom stereocenters. The normalized spacial score (nSPS) is 11.6. The molecule has 5 heteroatoms. The zero-order valence-electron chi connectivity index (χ0n) is 12.0. The second-order valence-corrected chi connectivity index (χ2v) is 5.45. The summed E-state index contributed by atoms with van der Waals surface area (Å²) in [5.41, 5.74) is 0.440. The molecule has 2 rings (SSSR count). The van der Waals surface area contributed by atoms with Gasteiger partial charge in [0, 0.05) is 11.7 Å². The van der Waals surface area contributed by atoms with Crippen LogP contribution < -0.4 is 21.5 Å². The maximum Gasteiger partial charge on any atom is 0.253 e. The number of anilines is 2. The highest BCUT2D eigenvalue weighted by atomic mass is 16.2. The fourth-order valence-electron chi connectivity index (χ4n) is 1.79. The average molecular weight is 273 g/mol. The molecule has 0 aliphatic rings. The molecule has 0 amide bonds. The van der Waals surface area contributed by atoms with Gasteiger partial charge >= 0.3 is 0 Å². The molecule has 0 bridgehead atoms. The molecule has 0 spiro atoms. The van der Waals surface area contributed by atoms with Crippen molar-refractivity contribution in [3.63, 3.8) is 0 Å². The minimum atomic E-state index is -0.463. The summed E-state index contributed by atoms with van der Waals surface area (Å²) in [6, 6.07) is 5.57. The molecule has 5 nitrogen and oxygen atoms in total. The standard InChI is InChI=1S/C15H19N3O2/c1-4-15(2,3)18-12-11(13(19)14(12)20)17-9-10-7-5-6-8-16-10/h5-8,17-18H,4,9H2,1-3H3. The van der Waals surface area contributed by atoms with Crippen LogP contribution in [0.1, 0.15) is 32.9 Å². The van der Waals surface area contributed by atoms with Gasteiger partial charge in [0.25, 0.3) is 10.9 Å². The second-order valence-electron chi connectivity index (χ2n) is 5.45. The van der Waals surface area contributed by atoms with E-state index >= 15 is 0 Å². The van der Waals surface area contributed by atoms with Crippen LogP contribution in [-0.4, -0.2) is 10.5 Å². The molecule has 0 saturated carbocycles. The minimum Gasteiger partial charge on any atom is -0.375 e. The Morgan fingerprint density at radius 1 is 1.15 bits per heavy atom. The maximum absolute atomic E-state index is 11.7. The smallest absolute Gasteiger partial charge is 0.253 e. The quantitative estimate of drug-likeness (QED) is 0.786. The fraction of sp³-hybridized carbons (Fsp3) is 0.400. The van der Waals surface area contributed by atoms with Crippen LogP contribution in [0.2, 0.25) is 0 Å². The van der Waals surface area contributed by atoms with E-state index in [-0.39, 0.29) is 5.54 Å². The molecule has 0 saturated heterocycles. The molecule has 0 atom stereocenters. The van der Waals surface area contributed by atoms with E-state index in [0.29, 0.717) is 17.9 Å². The Bertz CT molecular complexity index is 655. The van der Waals surface area contributed by atoms with Crippen LogP contribution in [0.5, 0.6) is 0 Å². The minimum absolute atomic E-state index is 0.219. The monoisotopic (exact) mass is 273 g/mol. The molecule has 2 N–H and O–H groups in total. The van der Waals surface area contributed by atoms with Crippen molar-refractivity contribution in [2.45, 2.75) is 39.3 Å². The number of hydrogen-bond acceptors (Lipinski definition) is 5. The van der Waals surface area contributed by atoms with E-state index in [1.807, 2.05) is 39.0 Å². The van der Waals surface area contributed by atoms with Crippen LogP contribution in [0, 0.1) is 0 Å². The number of hydrogen-bond donors (Lipinski definition) is 2. The lowest BCUT2D eigenvalue weighted by molar-refractivity contribution is 0.546. The number of nitrogens with zero attached hydrogens (tertiary/aromatic N) is 1. The Morgan fingerprint density at radius 2 is 1.85 bits per heavy atom. The summed E-state index contributed by atoms with van der Waals surface area (Å²) in [7, 11) is 0. The van der Waals surface area contributed by atoms with E-state index < -0.39 is 10.9 Å². The molecule has 0 radical (unpaired) electrons. The first-order valence-corrected chi connectivity index (χ1v) is 6.70. The summed E-state index contributed by atoms with van der Waals surface area (Å²) < 4.78 is 0. The van der Waals surface area contributed by atoms with Gasteiger partial charge in [-0.15, -0.1) is 0 Å². The lowest BCUT2D eigenvalue weighted by atomic mass is 10.00. The maximum atomic E-state index is 11.7. The van der Waals surface area contributed by atoms with E-state index in [1.165, 1.54) is 0 Å². The van der Waals surface area contributed by atoms with Crippen LogP contribution in [0.25, 0.3) is 0 Å². The van der Waals surface area contributed by atoms with Gasteiger partial charge in [-0.3, -0.25) is 14.6 Å². The number of nitrogens with one attached hydrogen (secondary N) is 2. The third-order valence-corrected chi connectivity index (χ3v) is 3.43. The fourth-order valence-corrected chi connectivity index (χ4v) is 1.79. The molecule has 1 aromatic heterocycles. The highest BCUT2D eigenvalue weighted by Gasteiger charge is 2.25. The van der Waals surface area contributed by atoms with Gasteiger partial charge in [0.15, 0.2) is 0 Å². The van der Waals surface area contributed by atoms with Crippen molar-refractivity contribution in [1.82, 2.24) is 4.98 Å². The van der Waals surface area contributed by atoms with Crippen molar-refractivity contribution >= 4 is 11.4 Å². The van der Waals surface area contributed by atoms with Gasteiger partial charge in [-0.25, -0.2) is 0 Å². The molecule has 106 valence electrons. The first kappa shape index (κ1) is 14.2. The van der Waals surface area contributed by atoms with E-state index in [2.05, 4.69) is 15.6 Å². The Kier molecular flexibility index (Phi) is 3.88. The van der Waals surface area contributed by atoms with Crippen molar-refractivity contribution in [1.29, 1.82) is 0 Å². The summed E-state index contributed by atoms with van der Waals surface area (Å²) in [5.74, 6) is 0. The molecule has 1 aromatic carbocycles. The topological polar surface area (TPSA) is 71.1 Å². The second kappa shape index (κ2) is 5.45. The summed E-state index contributed by atoms with van der Waals surface area (Å²) in [5, 5.41) is 6.13. The highest BCUT2D eigenvalue weighted by Crippen LogP contribution is 2.21. The molecular formula is C15H19N3O2. The van der Waals surface area contributed by atoms with Gasteiger partial charge in [-0.1, -0.05) is 13.0 Å². The summed E-state index contributed by atoms with van der Waals surface area (Å²) in [6.07, 6.45) is 2.55. The average Bonchev–Trinajstić information content (AvgIpc) is 2.47. The van der Waals surface area contributed by atoms with Crippen LogP contribution >= 0.6 is 0 Å². The summed E-state index contributed by atoms with van der Waals surface area (Å²) in [6.45, 7) is 6.44. The Labute approximate surface area is 117 Å². The summed E-state index contributed by atoms with van der Waals surface area (Å²) >= 11 is 0. The SMILES string of the molecule is CCC(C)(C)Nc1c(NCc2ccccn2)c(=O)c1=O. The lowest BCUT2D eigenvalue weighted by Gasteiger charge is -2.27. The Morgan fingerprint density at radius 3 is 2.45 bits per heavy atom. The molecule has 2 aromatic rings. The Hall–Kier alpha value is -2.17. The van der Waals surface area contributed by atoms with E-state index in [4.69, 9.17) is 0 Å². The number of rotatable bonds is 6. The zero-order valence-corrected chi connectivity index (χ0v) is 12.0. The Balaban J connectivity index is 2.12. The van der Waals surface area contributed by atoms with Crippen LogP contribution in [0.3, 0.4) is 0 Å². The van der Waals surface area contributed by atoms with Crippen molar-refractivity contribution < 1.29 is 0 Å². The predicted octanol–water partition coefficient (Wildman–Crippen LogP) is 1.89. The molecule has 1 heterocycles. The van der Waals surface area contributed by atoms with E-state index in [0.717, 1.165) is 12.1 Å².